The van der Waals surface area contributed by atoms with E-state index in [4.69, 9.17) is 18.9 Å². The number of methoxy groups -OCH3 is 1. The molecule has 2 spiro atoms. The normalized spacial score (nSPS) is 51.2. The third-order valence-corrected chi connectivity index (χ3v) is 10.8. The molecular formula is C26H38O6. The van der Waals surface area contributed by atoms with Gasteiger partial charge in [-0.3, -0.25) is 4.79 Å². The number of aliphatic hydroxyl groups excluding tert-OH is 1. The van der Waals surface area contributed by atoms with Crippen molar-refractivity contribution >= 4 is 5.97 Å². The molecule has 0 amide bonds. The van der Waals surface area contributed by atoms with E-state index in [0.717, 1.165) is 51.4 Å². The Morgan fingerprint density at radius 2 is 1.88 bits per heavy atom. The summed E-state index contributed by atoms with van der Waals surface area (Å²) in [5, 5.41) is 10.2. The summed E-state index contributed by atoms with van der Waals surface area (Å²) in [4.78, 5) is 13.2. The maximum absolute atomic E-state index is 13.2. The average molecular weight is 447 g/mol. The molecule has 32 heavy (non-hydrogen) atoms. The zero-order chi connectivity index (χ0) is 22.4. The van der Waals surface area contributed by atoms with Crippen molar-refractivity contribution in [3.8, 4) is 0 Å². The summed E-state index contributed by atoms with van der Waals surface area (Å²) in [6.45, 7) is 6.12. The van der Waals surface area contributed by atoms with Gasteiger partial charge < -0.3 is 24.1 Å². The highest BCUT2D eigenvalue weighted by Gasteiger charge is 2.68. The summed E-state index contributed by atoms with van der Waals surface area (Å²) in [5.74, 6) is 0.268. The minimum Gasteiger partial charge on any atom is -0.469 e. The minimum absolute atomic E-state index is 0.0539. The van der Waals surface area contributed by atoms with Gasteiger partial charge in [-0.25, -0.2) is 0 Å². The fourth-order valence-electron chi connectivity index (χ4n) is 9.06. The highest BCUT2D eigenvalue weighted by Crippen LogP contribution is 2.70. The second kappa shape index (κ2) is 7.03. The number of ether oxygens (including phenoxy) is 4. The summed E-state index contributed by atoms with van der Waals surface area (Å²) in [7, 11) is 1.53. The third-order valence-electron chi connectivity index (χ3n) is 10.8. The number of fused-ring (bicyclic) bond motifs is 6. The molecule has 4 aliphatic carbocycles. The summed E-state index contributed by atoms with van der Waals surface area (Å²) in [6.07, 6.45) is 10.1. The quantitative estimate of drug-likeness (QED) is 0.486. The number of hydrogen-bond acceptors (Lipinski definition) is 6. The van der Waals surface area contributed by atoms with Crippen molar-refractivity contribution in [1.29, 1.82) is 0 Å². The van der Waals surface area contributed by atoms with Crippen molar-refractivity contribution in [2.24, 2.45) is 34.5 Å². The molecule has 8 unspecified atom stereocenters. The molecule has 1 N–H and O–H groups in total. The lowest BCUT2D eigenvalue weighted by atomic mass is 9.45. The van der Waals surface area contributed by atoms with Gasteiger partial charge in [0.05, 0.1) is 31.8 Å². The summed E-state index contributed by atoms with van der Waals surface area (Å²) >= 11 is 0. The second-order valence-corrected chi connectivity index (χ2v) is 11.8. The van der Waals surface area contributed by atoms with Gasteiger partial charge in [0.25, 0.3) is 0 Å². The number of allylic oxidation sites excluding steroid dienone is 2. The van der Waals surface area contributed by atoms with E-state index in [1.807, 2.05) is 0 Å². The lowest BCUT2D eigenvalue weighted by molar-refractivity contribution is -0.214. The van der Waals surface area contributed by atoms with Crippen molar-refractivity contribution in [2.75, 3.05) is 20.3 Å². The van der Waals surface area contributed by atoms with Gasteiger partial charge in [-0.05, 0) is 61.7 Å². The van der Waals surface area contributed by atoms with Crippen LogP contribution in [0.2, 0.25) is 0 Å². The highest BCUT2D eigenvalue weighted by atomic mass is 16.7. The van der Waals surface area contributed by atoms with E-state index in [1.54, 1.807) is 0 Å². The number of carbonyl (C=O) groups excluding carboxylic acids is 1. The highest BCUT2D eigenvalue weighted by molar-refractivity contribution is 5.74. The first-order valence-electron chi connectivity index (χ1n) is 12.7. The molecule has 0 radical (unpaired) electrons. The van der Waals surface area contributed by atoms with Crippen LogP contribution in [0.4, 0.5) is 0 Å². The molecule has 6 aliphatic rings. The van der Waals surface area contributed by atoms with Gasteiger partial charge in [0.15, 0.2) is 12.1 Å². The number of aliphatic hydroxyl groups is 1. The molecule has 178 valence electrons. The minimum atomic E-state index is -0.651. The Kier molecular flexibility index (Phi) is 4.74. The van der Waals surface area contributed by atoms with Crippen molar-refractivity contribution in [3.63, 3.8) is 0 Å². The molecule has 3 saturated carbocycles. The number of esters is 1. The van der Waals surface area contributed by atoms with E-state index < -0.39 is 12.1 Å². The van der Waals surface area contributed by atoms with Crippen LogP contribution >= 0.6 is 0 Å². The van der Waals surface area contributed by atoms with Gasteiger partial charge in [0, 0.05) is 24.7 Å². The van der Waals surface area contributed by atoms with Gasteiger partial charge in [0.1, 0.15) is 0 Å². The Bertz CT molecular complexity index is 832. The first-order chi connectivity index (χ1) is 15.3. The zero-order valence-electron chi connectivity index (χ0n) is 19.7. The van der Waals surface area contributed by atoms with Gasteiger partial charge in [-0.15, -0.1) is 0 Å². The first kappa shape index (κ1) is 21.6. The molecule has 6 rings (SSSR count). The molecule has 2 aliphatic heterocycles. The summed E-state index contributed by atoms with van der Waals surface area (Å²) < 4.78 is 23.8. The van der Waals surface area contributed by atoms with Crippen molar-refractivity contribution in [3.05, 3.63) is 11.6 Å². The average Bonchev–Trinajstić information content (AvgIpc) is 3.47. The molecule has 0 aromatic heterocycles. The maximum Gasteiger partial charge on any atom is 0.309 e. The van der Waals surface area contributed by atoms with Crippen molar-refractivity contribution in [1.82, 2.24) is 0 Å². The Hall–Kier alpha value is -0.950. The van der Waals surface area contributed by atoms with Gasteiger partial charge >= 0.3 is 5.97 Å². The molecule has 2 heterocycles. The second-order valence-electron chi connectivity index (χ2n) is 11.8. The fourth-order valence-corrected chi connectivity index (χ4v) is 9.06. The lowest BCUT2D eigenvalue weighted by Gasteiger charge is -2.60. The van der Waals surface area contributed by atoms with Gasteiger partial charge in [0.2, 0.25) is 0 Å². The van der Waals surface area contributed by atoms with Crippen molar-refractivity contribution < 1.29 is 28.8 Å². The number of carbonyl (C=O) groups is 1. The topological polar surface area (TPSA) is 74.2 Å². The van der Waals surface area contributed by atoms with E-state index >= 15 is 0 Å². The largest absolute Gasteiger partial charge is 0.469 e. The van der Waals surface area contributed by atoms with E-state index in [1.165, 1.54) is 12.7 Å². The molecule has 8 atom stereocenters. The number of rotatable bonds is 1. The maximum atomic E-state index is 13.2. The number of hydrogen-bond donors (Lipinski definition) is 1. The van der Waals surface area contributed by atoms with E-state index in [2.05, 4.69) is 19.9 Å². The van der Waals surface area contributed by atoms with Crippen LogP contribution in [0.25, 0.3) is 0 Å². The monoisotopic (exact) mass is 446 g/mol. The van der Waals surface area contributed by atoms with Crippen LogP contribution in [0, 0.1) is 34.5 Å². The lowest BCUT2D eigenvalue weighted by Crippen LogP contribution is -2.57. The molecule has 2 saturated heterocycles. The predicted molar refractivity (Wildman–Crippen MR) is 116 cm³/mol. The Labute approximate surface area is 191 Å². The van der Waals surface area contributed by atoms with Gasteiger partial charge in [-0.2, -0.15) is 0 Å². The smallest absolute Gasteiger partial charge is 0.309 e. The SMILES string of the molecule is COC(=O)C1CC2CC3(CCC2(C)C2=CCC4(C)C(CCC45CCC(O)O5)C21)OCCO3. The summed E-state index contributed by atoms with van der Waals surface area (Å²) in [6, 6.07) is 0. The fraction of sp³-hybridized carbons (Fsp3) is 0.885. The predicted octanol–water partition coefficient (Wildman–Crippen LogP) is 3.96. The Morgan fingerprint density at radius 3 is 2.56 bits per heavy atom. The molecule has 0 bridgehead atoms. The van der Waals surface area contributed by atoms with Gasteiger partial charge in [-0.1, -0.05) is 25.5 Å². The summed E-state index contributed by atoms with van der Waals surface area (Å²) in [5.41, 5.74) is 1.24. The van der Waals surface area contributed by atoms with E-state index in [9.17, 15) is 9.90 Å². The molecule has 0 aromatic rings. The van der Waals surface area contributed by atoms with Crippen LogP contribution in [0.15, 0.2) is 11.6 Å². The van der Waals surface area contributed by atoms with Crippen LogP contribution < -0.4 is 0 Å². The van der Waals surface area contributed by atoms with E-state index in [0.29, 0.717) is 31.5 Å². The van der Waals surface area contributed by atoms with Crippen LogP contribution in [0.5, 0.6) is 0 Å². The molecule has 6 heteroatoms. The van der Waals surface area contributed by atoms with E-state index in [-0.39, 0.29) is 34.2 Å². The van der Waals surface area contributed by atoms with Crippen LogP contribution in [-0.2, 0) is 23.7 Å². The Balaban J connectivity index is 1.40. The van der Waals surface area contributed by atoms with Crippen LogP contribution in [-0.4, -0.2) is 49.1 Å². The molecule has 5 fully saturated rings. The third kappa shape index (κ3) is 2.70. The zero-order valence-corrected chi connectivity index (χ0v) is 19.7. The molecular weight excluding hydrogens is 408 g/mol. The van der Waals surface area contributed by atoms with Crippen LogP contribution in [0.1, 0.15) is 71.6 Å². The molecule has 6 nitrogen and oxygen atoms in total. The standard InChI is InChI=1S/C26H38O6/c1-23-10-11-26(30-12-13-31-26)15-16(23)14-17(22(28)29-3)21-18(23)4-7-24(2)19(21)5-8-25(24)9-6-20(27)32-25/h4,16-17,19-21,27H,5-15H2,1-3H3. The molecule has 0 aromatic carbocycles. The Morgan fingerprint density at radius 1 is 1.12 bits per heavy atom. The van der Waals surface area contributed by atoms with Crippen LogP contribution in [0.3, 0.4) is 0 Å². The van der Waals surface area contributed by atoms with Crippen molar-refractivity contribution in [2.45, 2.75) is 89.3 Å². The first-order valence-corrected chi connectivity index (χ1v) is 12.7.